The minimum Gasteiger partial charge on any atom is -0.481 e. The summed E-state index contributed by atoms with van der Waals surface area (Å²) in [6, 6.07) is 5.58. The number of hydrogen-bond acceptors (Lipinski definition) is 4. The highest BCUT2D eigenvalue weighted by Crippen LogP contribution is 2.19. The monoisotopic (exact) mass is 361 g/mol. The van der Waals surface area contributed by atoms with Gasteiger partial charge in [-0.3, -0.25) is 4.79 Å². The SMILES string of the molecule is O=C(O)C1CCCN(C(=O)NCCc2coc(-c3ccc(F)cc3)n2)C1. The van der Waals surface area contributed by atoms with Gasteiger partial charge >= 0.3 is 12.0 Å². The van der Waals surface area contributed by atoms with Gasteiger partial charge in [-0.1, -0.05) is 0 Å². The number of carbonyl (C=O) groups is 2. The van der Waals surface area contributed by atoms with Crippen LogP contribution >= 0.6 is 0 Å². The summed E-state index contributed by atoms with van der Waals surface area (Å²) in [7, 11) is 0. The molecule has 1 aliphatic heterocycles. The quantitative estimate of drug-likeness (QED) is 0.853. The molecule has 0 spiro atoms. The summed E-state index contributed by atoms with van der Waals surface area (Å²) in [5.74, 6) is -1.29. The van der Waals surface area contributed by atoms with Crippen molar-refractivity contribution in [2.24, 2.45) is 5.92 Å². The van der Waals surface area contributed by atoms with E-state index in [1.807, 2.05) is 0 Å². The molecule has 1 saturated heterocycles. The van der Waals surface area contributed by atoms with Crippen LogP contribution in [0.15, 0.2) is 34.9 Å². The average molecular weight is 361 g/mol. The Labute approximate surface area is 149 Å². The summed E-state index contributed by atoms with van der Waals surface area (Å²) in [4.78, 5) is 29.1. The minimum absolute atomic E-state index is 0.236. The second-order valence-electron chi connectivity index (χ2n) is 6.26. The Bertz CT molecular complexity index is 775. The first-order valence-electron chi connectivity index (χ1n) is 8.49. The zero-order chi connectivity index (χ0) is 18.5. The van der Waals surface area contributed by atoms with Crippen molar-refractivity contribution >= 4 is 12.0 Å². The van der Waals surface area contributed by atoms with Crippen molar-refractivity contribution in [3.05, 3.63) is 42.0 Å². The number of nitrogens with zero attached hydrogens (tertiary/aromatic N) is 2. The highest BCUT2D eigenvalue weighted by atomic mass is 19.1. The molecule has 7 nitrogen and oxygen atoms in total. The molecule has 26 heavy (non-hydrogen) atoms. The number of hydrogen-bond donors (Lipinski definition) is 2. The Balaban J connectivity index is 1.48. The number of amides is 2. The first-order chi connectivity index (χ1) is 12.5. The van der Waals surface area contributed by atoms with E-state index in [-0.39, 0.29) is 18.4 Å². The predicted molar refractivity (Wildman–Crippen MR) is 90.9 cm³/mol. The van der Waals surface area contributed by atoms with E-state index in [0.717, 1.165) is 0 Å². The number of likely N-dealkylation sites (tertiary alicyclic amines) is 1. The molecule has 1 aromatic heterocycles. The Morgan fingerprint density at radius 3 is 2.85 bits per heavy atom. The number of rotatable bonds is 5. The highest BCUT2D eigenvalue weighted by molar-refractivity contribution is 5.76. The van der Waals surface area contributed by atoms with E-state index < -0.39 is 11.9 Å². The van der Waals surface area contributed by atoms with Gasteiger partial charge in [-0.15, -0.1) is 0 Å². The number of nitrogens with one attached hydrogen (secondary N) is 1. The molecule has 0 aliphatic carbocycles. The molecule has 1 atom stereocenters. The molecule has 2 heterocycles. The number of urea groups is 1. The highest BCUT2D eigenvalue weighted by Gasteiger charge is 2.27. The molecule has 1 aromatic carbocycles. The summed E-state index contributed by atoms with van der Waals surface area (Å²) >= 11 is 0. The standard InChI is InChI=1S/C18H20FN3O4/c19-14-5-3-12(4-6-14)16-21-15(11-26-16)7-8-20-18(25)22-9-1-2-13(10-22)17(23)24/h3-6,11,13H,1-2,7-10H2,(H,20,25)(H,23,24). The summed E-state index contributed by atoms with van der Waals surface area (Å²) in [5, 5.41) is 11.9. The van der Waals surface area contributed by atoms with Gasteiger partial charge in [0.25, 0.3) is 0 Å². The number of halogens is 1. The van der Waals surface area contributed by atoms with E-state index in [0.29, 0.717) is 49.5 Å². The topological polar surface area (TPSA) is 95.7 Å². The van der Waals surface area contributed by atoms with Crippen LogP contribution in [0.2, 0.25) is 0 Å². The number of carboxylic acid groups (broad SMARTS) is 1. The van der Waals surface area contributed by atoms with E-state index in [9.17, 15) is 14.0 Å². The fourth-order valence-electron chi connectivity index (χ4n) is 2.92. The van der Waals surface area contributed by atoms with Crippen molar-refractivity contribution in [1.29, 1.82) is 0 Å². The third-order valence-corrected chi connectivity index (χ3v) is 4.36. The van der Waals surface area contributed by atoms with Crippen LogP contribution in [0.3, 0.4) is 0 Å². The van der Waals surface area contributed by atoms with Crippen LogP contribution in [-0.4, -0.2) is 46.6 Å². The number of benzene rings is 1. The van der Waals surface area contributed by atoms with Crippen molar-refractivity contribution in [2.45, 2.75) is 19.3 Å². The van der Waals surface area contributed by atoms with Crippen molar-refractivity contribution in [2.75, 3.05) is 19.6 Å². The lowest BCUT2D eigenvalue weighted by Crippen LogP contribution is -2.47. The molecule has 2 amide bonds. The molecular weight excluding hydrogens is 341 g/mol. The Morgan fingerprint density at radius 1 is 1.35 bits per heavy atom. The van der Waals surface area contributed by atoms with Gasteiger partial charge in [0.05, 0.1) is 11.6 Å². The summed E-state index contributed by atoms with van der Waals surface area (Å²) in [5.41, 5.74) is 1.35. The molecule has 138 valence electrons. The normalized spacial score (nSPS) is 17.1. The van der Waals surface area contributed by atoms with E-state index in [2.05, 4.69) is 10.3 Å². The smallest absolute Gasteiger partial charge is 0.317 e. The second-order valence-corrected chi connectivity index (χ2v) is 6.26. The van der Waals surface area contributed by atoms with Crippen molar-refractivity contribution in [3.63, 3.8) is 0 Å². The average Bonchev–Trinajstić information content (AvgIpc) is 3.11. The largest absolute Gasteiger partial charge is 0.481 e. The van der Waals surface area contributed by atoms with E-state index in [4.69, 9.17) is 9.52 Å². The van der Waals surface area contributed by atoms with Crippen molar-refractivity contribution in [3.8, 4) is 11.5 Å². The minimum atomic E-state index is -0.863. The molecule has 1 aliphatic rings. The zero-order valence-corrected chi connectivity index (χ0v) is 14.2. The Morgan fingerprint density at radius 2 is 2.12 bits per heavy atom. The molecule has 0 bridgehead atoms. The van der Waals surface area contributed by atoms with Gasteiger partial charge in [0.1, 0.15) is 12.1 Å². The third-order valence-electron chi connectivity index (χ3n) is 4.36. The molecule has 3 rings (SSSR count). The van der Waals surface area contributed by atoms with Crippen LogP contribution in [0.5, 0.6) is 0 Å². The van der Waals surface area contributed by atoms with Gasteiger partial charge < -0.3 is 19.7 Å². The lowest BCUT2D eigenvalue weighted by Gasteiger charge is -2.30. The predicted octanol–water partition coefficient (Wildman–Crippen LogP) is 2.53. The Kier molecular flexibility index (Phi) is 5.50. The number of aromatic nitrogens is 1. The van der Waals surface area contributed by atoms with Crippen LogP contribution in [0, 0.1) is 11.7 Å². The molecule has 0 radical (unpaired) electrons. The van der Waals surface area contributed by atoms with Gasteiger partial charge in [-0.05, 0) is 37.1 Å². The number of oxazole rings is 1. The van der Waals surface area contributed by atoms with Crippen LogP contribution in [0.25, 0.3) is 11.5 Å². The van der Waals surface area contributed by atoms with Gasteiger partial charge in [0, 0.05) is 31.6 Å². The van der Waals surface area contributed by atoms with Gasteiger partial charge in [-0.2, -0.15) is 0 Å². The lowest BCUT2D eigenvalue weighted by atomic mass is 9.99. The van der Waals surface area contributed by atoms with E-state index in [1.165, 1.54) is 23.3 Å². The Hall–Kier alpha value is -2.90. The van der Waals surface area contributed by atoms with Gasteiger partial charge in [0.15, 0.2) is 0 Å². The molecule has 0 saturated carbocycles. The fraction of sp³-hybridized carbons (Fsp3) is 0.389. The lowest BCUT2D eigenvalue weighted by molar-refractivity contribution is -0.143. The molecule has 1 unspecified atom stereocenters. The summed E-state index contributed by atoms with van der Waals surface area (Å²) < 4.78 is 18.3. The molecule has 8 heteroatoms. The van der Waals surface area contributed by atoms with E-state index >= 15 is 0 Å². The maximum Gasteiger partial charge on any atom is 0.317 e. The molecule has 2 N–H and O–H groups in total. The molecule has 2 aromatic rings. The first kappa shape index (κ1) is 17.9. The maximum absolute atomic E-state index is 12.9. The number of carboxylic acids is 1. The number of aliphatic carboxylic acids is 1. The van der Waals surface area contributed by atoms with E-state index in [1.54, 1.807) is 12.1 Å². The molecular formula is C18H20FN3O4. The molecule has 1 fully saturated rings. The zero-order valence-electron chi connectivity index (χ0n) is 14.2. The maximum atomic E-state index is 12.9. The summed E-state index contributed by atoms with van der Waals surface area (Å²) in [6.07, 6.45) is 3.28. The van der Waals surface area contributed by atoms with Gasteiger partial charge in [0.2, 0.25) is 5.89 Å². The number of carbonyl (C=O) groups excluding carboxylic acids is 1. The van der Waals surface area contributed by atoms with Crippen LogP contribution in [-0.2, 0) is 11.2 Å². The third kappa shape index (κ3) is 4.38. The first-order valence-corrected chi connectivity index (χ1v) is 8.49. The number of piperidine rings is 1. The second kappa shape index (κ2) is 7.99. The van der Waals surface area contributed by atoms with Crippen LogP contribution in [0.4, 0.5) is 9.18 Å². The van der Waals surface area contributed by atoms with Crippen molar-refractivity contribution < 1.29 is 23.5 Å². The van der Waals surface area contributed by atoms with Crippen LogP contribution < -0.4 is 5.32 Å². The van der Waals surface area contributed by atoms with Gasteiger partial charge in [-0.25, -0.2) is 14.2 Å². The van der Waals surface area contributed by atoms with Crippen LogP contribution in [0.1, 0.15) is 18.5 Å². The van der Waals surface area contributed by atoms with Crippen molar-refractivity contribution in [1.82, 2.24) is 15.2 Å². The summed E-state index contributed by atoms with van der Waals surface area (Å²) in [6.45, 7) is 1.16. The fourth-order valence-corrected chi connectivity index (χ4v) is 2.92.